The van der Waals surface area contributed by atoms with Gasteiger partial charge in [-0.1, -0.05) is 35.9 Å². The summed E-state index contributed by atoms with van der Waals surface area (Å²) in [7, 11) is 0. The predicted octanol–water partition coefficient (Wildman–Crippen LogP) is 4.37. The van der Waals surface area contributed by atoms with Gasteiger partial charge in [0.05, 0.1) is 6.54 Å². The van der Waals surface area contributed by atoms with Crippen molar-refractivity contribution in [3.8, 4) is 11.5 Å². The van der Waals surface area contributed by atoms with E-state index in [1.54, 1.807) is 6.26 Å². The zero-order chi connectivity index (χ0) is 21.5. The first-order valence-electron chi connectivity index (χ1n) is 11.1. The third-order valence-electron chi connectivity index (χ3n) is 5.55. The Morgan fingerprint density at radius 3 is 2.55 bits per heavy atom. The Labute approximate surface area is 184 Å². The van der Waals surface area contributed by atoms with Gasteiger partial charge in [-0.05, 0) is 51.0 Å². The fraction of sp³-hybridized carbons (Fsp3) is 0.360. The number of anilines is 1. The first kappa shape index (κ1) is 21.0. The smallest absolute Gasteiger partial charge is 0.226 e. The van der Waals surface area contributed by atoms with E-state index in [2.05, 4.69) is 76.8 Å². The highest BCUT2D eigenvalue weighted by Gasteiger charge is 2.20. The molecule has 0 radical (unpaired) electrons. The molecule has 2 N–H and O–H groups in total. The Hall–Kier alpha value is -3.28. The lowest BCUT2D eigenvalue weighted by molar-refractivity contribution is 0.461. The summed E-state index contributed by atoms with van der Waals surface area (Å²) in [5.74, 6) is 1.47. The number of para-hydroxylation sites is 1. The molecule has 0 atom stereocenters. The van der Waals surface area contributed by atoms with Crippen molar-refractivity contribution in [3.05, 3.63) is 72.1 Å². The Bertz CT molecular complexity index is 973. The van der Waals surface area contributed by atoms with E-state index in [-0.39, 0.29) is 0 Å². The van der Waals surface area contributed by atoms with Crippen molar-refractivity contribution in [1.29, 1.82) is 0 Å². The molecule has 0 bridgehead atoms. The van der Waals surface area contributed by atoms with E-state index < -0.39 is 0 Å². The number of nitrogens with one attached hydrogen (secondary N) is 2. The summed E-state index contributed by atoms with van der Waals surface area (Å²) in [5, 5.41) is 6.95. The van der Waals surface area contributed by atoms with Crippen molar-refractivity contribution in [3.63, 3.8) is 0 Å². The molecular formula is C25H31N5O. The summed E-state index contributed by atoms with van der Waals surface area (Å²) in [6, 6.07) is 19.2. The van der Waals surface area contributed by atoms with Crippen LogP contribution in [0.25, 0.3) is 11.5 Å². The van der Waals surface area contributed by atoms with Gasteiger partial charge in [-0.15, -0.1) is 0 Å². The van der Waals surface area contributed by atoms with Gasteiger partial charge >= 0.3 is 0 Å². The fourth-order valence-electron chi connectivity index (χ4n) is 3.80. The highest BCUT2D eigenvalue weighted by molar-refractivity contribution is 5.80. The van der Waals surface area contributed by atoms with E-state index in [1.165, 1.54) is 11.3 Å². The van der Waals surface area contributed by atoms with Crippen molar-refractivity contribution in [2.24, 2.45) is 4.99 Å². The number of benzene rings is 2. The van der Waals surface area contributed by atoms with Crippen LogP contribution in [0.1, 0.15) is 31.0 Å². The van der Waals surface area contributed by atoms with Crippen molar-refractivity contribution in [2.75, 3.05) is 24.5 Å². The largest absolute Gasteiger partial charge is 0.444 e. The van der Waals surface area contributed by atoms with E-state index in [0.29, 0.717) is 18.5 Å². The molecule has 0 aliphatic carbocycles. The van der Waals surface area contributed by atoms with Gasteiger partial charge in [0.1, 0.15) is 12.0 Å². The van der Waals surface area contributed by atoms with Gasteiger partial charge in [0, 0.05) is 36.9 Å². The number of aromatic nitrogens is 1. The molecular weight excluding hydrogens is 386 g/mol. The fourth-order valence-corrected chi connectivity index (χ4v) is 3.80. The highest BCUT2D eigenvalue weighted by Crippen LogP contribution is 2.20. The van der Waals surface area contributed by atoms with Crippen molar-refractivity contribution in [1.82, 2.24) is 15.6 Å². The lowest BCUT2D eigenvalue weighted by Gasteiger charge is -2.34. The molecule has 6 heteroatoms. The summed E-state index contributed by atoms with van der Waals surface area (Å²) in [6.07, 6.45) is 3.86. The van der Waals surface area contributed by atoms with Gasteiger partial charge in [0.2, 0.25) is 5.89 Å². The Balaban J connectivity index is 1.33. The minimum Gasteiger partial charge on any atom is -0.444 e. The van der Waals surface area contributed by atoms with Crippen LogP contribution >= 0.6 is 0 Å². The highest BCUT2D eigenvalue weighted by atomic mass is 16.3. The molecule has 3 aromatic rings. The normalized spacial score (nSPS) is 15.2. The van der Waals surface area contributed by atoms with Crippen LogP contribution in [0.4, 0.5) is 5.69 Å². The van der Waals surface area contributed by atoms with E-state index in [1.807, 2.05) is 12.1 Å². The summed E-state index contributed by atoms with van der Waals surface area (Å²) in [5.41, 5.74) is 4.33. The molecule has 1 fully saturated rings. The molecule has 1 aromatic heterocycles. The van der Waals surface area contributed by atoms with Crippen LogP contribution in [0.3, 0.4) is 0 Å². The van der Waals surface area contributed by atoms with Crippen LogP contribution in [-0.2, 0) is 6.54 Å². The molecule has 1 aliphatic heterocycles. The maximum atomic E-state index is 5.66. The number of hydrogen-bond donors (Lipinski definition) is 2. The van der Waals surface area contributed by atoms with E-state index in [4.69, 9.17) is 9.41 Å². The number of rotatable bonds is 6. The number of nitrogens with zero attached hydrogens (tertiary/aromatic N) is 3. The minimum atomic E-state index is 0.415. The van der Waals surface area contributed by atoms with Crippen LogP contribution < -0.4 is 15.5 Å². The van der Waals surface area contributed by atoms with Gasteiger partial charge in [-0.3, -0.25) is 0 Å². The quantitative estimate of drug-likeness (QED) is 0.460. The third-order valence-corrected chi connectivity index (χ3v) is 5.55. The molecule has 0 unspecified atom stereocenters. The molecule has 0 spiro atoms. The molecule has 6 nitrogen and oxygen atoms in total. The lowest BCUT2D eigenvalue weighted by atomic mass is 10.0. The molecule has 0 saturated carbocycles. The van der Waals surface area contributed by atoms with Gasteiger partial charge in [-0.25, -0.2) is 9.98 Å². The summed E-state index contributed by atoms with van der Waals surface area (Å²) < 4.78 is 5.66. The summed E-state index contributed by atoms with van der Waals surface area (Å²) in [6.45, 7) is 7.55. The SMILES string of the molecule is CCNC(=NCc1coc(-c2ccc(C)cc2)n1)NC1CCN(c2ccccc2)CC1. The second kappa shape index (κ2) is 10.2. The molecule has 0 amide bonds. The standard InChI is InChI=1S/C25H31N5O/c1-3-26-25(29-21-13-15-30(16-14-21)23-7-5-4-6-8-23)27-17-22-18-31-24(28-22)20-11-9-19(2)10-12-20/h4-12,18,21H,3,13-17H2,1-2H3,(H2,26,27,29). The predicted molar refractivity (Wildman–Crippen MR) is 126 cm³/mol. The van der Waals surface area contributed by atoms with Gasteiger partial charge in [0.25, 0.3) is 0 Å². The average Bonchev–Trinajstić information content (AvgIpc) is 3.28. The summed E-state index contributed by atoms with van der Waals surface area (Å²) >= 11 is 0. The number of aliphatic imine (C=N–C) groups is 1. The van der Waals surface area contributed by atoms with Crippen LogP contribution in [0.2, 0.25) is 0 Å². The Morgan fingerprint density at radius 2 is 1.84 bits per heavy atom. The minimum absolute atomic E-state index is 0.415. The molecule has 4 rings (SSSR count). The molecule has 162 valence electrons. The van der Waals surface area contributed by atoms with Gasteiger partial charge < -0.3 is 20.0 Å². The lowest BCUT2D eigenvalue weighted by Crippen LogP contribution is -2.48. The summed E-state index contributed by atoms with van der Waals surface area (Å²) in [4.78, 5) is 11.8. The van der Waals surface area contributed by atoms with Crippen molar-refractivity contribution in [2.45, 2.75) is 39.3 Å². The first-order chi connectivity index (χ1) is 15.2. The van der Waals surface area contributed by atoms with Crippen LogP contribution in [-0.4, -0.2) is 36.6 Å². The topological polar surface area (TPSA) is 65.7 Å². The molecule has 2 heterocycles. The Morgan fingerprint density at radius 1 is 1.10 bits per heavy atom. The van der Waals surface area contributed by atoms with Crippen LogP contribution in [0.15, 0.2) is 70.3 Å². The second-order valence-corrected chi connectivity index (χ2v) is 7.95. The molecule has 31 heavy (non-hydrogen) atoms. The first-order valence-corrected chi connectivity index (χ1v) is 11.1. The molecule has 1 saturated heterocycles. The maximum Gasteiger partial charge on any atom is 0.226 e. The van der Waals surface area contributed by atoms with E-state index in [0.717, 1.165) is 49.7 Å². The average molecular weight is 418 g/mol. The number of aryl methyl sites for hydroxylation is 1. The van der Waals surface area contributed by atoms with E-state index >= 15 is 0 Å². The molecule has 2 aromatic carbocycles. The number of guanidine groups is 1. The van der Waals surface area contributed by atoms with Crippen LogP contribution in [0, 0.1) is 6.92 Å². The number of hydrogen-bond acceptors (Lipinski definition) is 4. The van der Waals surface area contributed by atoms with Crippen molar-refractivity contribution >= 4 is 11.6 Å². The second-order valence-electron chi connectivity index (χ2n) is 7.95. The zero-order valence-electron chi connectivity index (χ0n) is 18.3. The van der Waals surface area contributed by atoms with Gasteiger partial charge in [-0.2, -0.15) is 0 Å². The van der Waals surface area contributed by atoms with Crippen molar-refractivity contribution < 1.29 is 4.42 Å². The number of piperidine rings is 1. The van der Waals surface area contributed by atoms with E-state index in [9.17, 15) is 0 Å². The number of oxazole rings is 1. The van der Waals surface area contributed by atoms with Crippen LogP contribution in [0.5, 0.6) is 0 Å². The maximum absolute atomic E-state index is 5.66. The van der Waals surface area contributed by atoms with Gasteiger partial charge in [0.15, 0.2) is 5.96 Å². The monoisotopic (exact) mass is 417 g/mol. The molecule has 1 aliphatic rings. The zero-order valence-corrected chi connectivity index (χ0v) is 18.3. The third kappa shape index (κ3) is 5.66. The Kier molecular flexibility index (Phi) is 6.87.